The van der Waals surface area contributed by atoms with Crippen molar-refractivity contribution < 1.29 is 0 Å². The Kier molecular flexibility index (Phi) is 5.72. The van der Waals surface area contributed by atoms with Crippen molar-refractivity contribution in [1.29, 1.82) is 0 Å². The lowest BCUT2D eigenvalue weighted by Gasteiger charge is -2.11. The van der Waals surface area contributed by atoms with E-state index >= 15 is 0 Å². The quantitative estimate of drug-likeness (QED) is 0.263. The smallest absolute Gasteiger partial charge is 0.259 e. The normalized spacial score (nSPS) is 14.5. The first-order chi connectivity index (χ1) is 16.9. The van der Waals surface area contributed by atoms with E-state index < -0.39 is 0 Å². The summed E-state index contributed by atoms with van der Waals surface area (Å²) in [6, 6.07) is 13.6. The van der Waals surface area contributed by atoms with E-state index in [1.54, 1.807) is 34.1 Å². The molecule has 0 radical (unpaired) electrons. The molecule has 0 atom stereocenters. The van der Waals surface area contributed by atoms with Crippen LogP contribution >= 0.6 is 34.5 Å². The number of aryl methyl sites for hydroxylation is 2. The zero-order chi connectivity index (χ0) is 24.3. The van der Waals surface area contributed by atoms with Crippen molar-refractivity contribution in [3.05, 3.63) is 73.9 Å². The third-order valence-electron chi connectivity index (χ3n) is 6.95. The first kappa shape index (κ1) is 22.8. The van der Waals surface area contributed by atoms with E-state index in [2.05, 4.69) is 33.0 Å². The summed E-state index contributed by atoms with van der Waals surface area (Å²) in [6.45, 7) is 3.24. The molecule has 1 fully saturated rings. The number of hydrogen-bond acceptors (Lipinski definition) is 4. The van der Waals surface area contributed by atoms with Gasteiger partial charge in [0.05, 0.1) is 16.2 Å². The highest BCUT2D eigenvalue weighted by atomic mass is 35.5. The summed E-state index contributed by atoms with van der Waals surface area (Å²) in [5.41, 5.74) is 5.28. The molecule has 0 bridgehead atoms. The van der Waals surface area contributed by atoms with Crippen LogP contribution < -0.4 is 5.56 Å². The first-order valence-electron chi connectivity index (χ1n) is 11.7. The Morgan fingerprint density at radius 1 is 0.943 bits per heavy atom. The molecule has 178 valence electrons. The molecule has 35 heavy (non-hydrogen) atoms. The van der Waals surface area contributed by atoms with Crippen LogP contribution in [0.5, 0.6) is 0 Å². The SMILES string of the molecule is Cn1c(=O)c(-c2ccc(Cl)cc2Cl)cc2c3cc(-c4nc(CN5CCCC5)cs4)ccc3n(C)c21. The fraction of sp³-hybridized carbons (Fsp3) is 0.259. The number of benzene rings is 2. The van der Waals surface area contributed by atoms with Crippen molar-refractivity contribution >= 4 is 56.5 Å². The number of fused-ring (bicyclic) bond motifs is 3. The highest BCUT2D eigenvalue weighted by Gasteiger charge is 2.19. The van der Waals surface area contributed by atoms with Gasteiger partial charge >= 0.3 is 0 Å². The summed E-state index contributed by atoms with van der Waals surface area (Å²) in [7, 11) is 3.81. The minimum Gasteiger partial charge on any atom is -0.330 e. The number of thiazole rings is 1. The molecule has 1 saturated heterocycles. The second kappa shape index (κ2) is 8.79. The van der Waals surface area contributed by atoms with Gasteiger partial charge in [-0.15, -0.1) is 11.3 Å². The van der Waals surface area contributed by atoms with Crippen LogP contribution in [0.15, 0.2) is 52.6 Å². The molecule has 8 heteroatoms. The molecule has 0 unspecified atom stereocenters. The molecule has 1 aliphatic rings. The molecule has 2 aromatic carbocycles. The van der Waals surface area contributed by atoms with Crippen molar-refractivity contribution in [2.24, 2.45) is 14.1 Å². The lowest BCUT2D eigenvalue weighted by Crippen LogP contribution is -2.20. The minimum atomic E-state index is -0.0978. The molecule has 0 spiro atoms. The summed E-state index contributed by atoms with van der Waals surface area (Å²) in [4.78, 5) is 20.7. The highest BCUT2D eigenvalue weighted by molar-refractivity contribution is 7.13. The van der Waals surface area contributed by atoms with Crippen LogP contribution in [0.25, 0.3) is 43.6 Å². The lowest BCUT2D eigenvalue weighted by atomic mass is 10.0. The predicted molar refractivity (Wildman–Crippen MR) is 147 cm³/mol. The number of aromatic nitrogens is 3. The molecular weight excluding hydrogens is 499 g/mol. The van der Waals surface area contributed by atoms with Gasteiger partial charge in [-0.25, -0.2) is 4.98 Å². The maximum Gasteiger partial charge on any atom is 0.259 e. The van der Waals surface area contributed by atoms with Gasteiger partial charge in [0.1, 0.15) is 10.7 Å². The van der Waals surface area contributed by atoms with Crippen LogP contribution in [0, 0.1) is 0 Å². The van der Waals surface area contributed by atoms with Crippen LogP contribution in [-0.2, 0) is 20.6 Å². The van der Waals surface area contributed by atoms with E-state index in [0.717, 1.165) is 57.8 Å². The van der Waals surface area contributed by atoms with Crippen molar-refractivity contribution in [2.45, 2.75) is 19.4 Å². The van der Waals surface area contributed by atoms with Crippen molar-refractivity contribution in [3.63, 3.8) is 0 Å². The Labute approximate surface area is 217 Å². The van der Waals surface area contributed by atoms with Gasteiger partial charge in [-0.05, 0) is 62.3 Å². The van der Waals surface area contributed by atoms with Gasteiger partial charge in [0.25, 0.3) is 5.56 Å². The van der Waals surface area contributed by atoms with Crippen LogP contribution in [0.4, 0.5) is 0 Å². The van der Waals surface area contributed by atoms with Crippen molar-refractivity contribution in [1.82, 2.24) is 19.0 Å². The molecule has 0 aliphatic carbocycles. The molecule has 5 nitrogen and oxygen atoms in total. The van der Waals surface area contributed by atoms with Gasteiger partial charge < -0.3 is 4.57 Å². The number of pyridine rings is 1. The molecule has 0 amide bonds. The predicted octanol–water partition coefficient (Wildman–Crippen LogP) is 6.72. The first-order valence-corrected chi connectivity index (χ1v) is 13.3. The van der Waals surface area contributed by atoms with Crippen LogP contribution in [0.1, 0.15) is 18.5 Å². The minimum absolute atomic E-state index is 0.0978. The maximum absolute atomic E-state index is 13.3. The molecule has 1 aliphatic heterocycles. The van der Waals surface area contributed by atoms with Gasteiger partial charge in [0.15, 0.2) is 0 Å². The topological polar surface area (TPSA) is 43.1 Å². The van der Waals surface area contributed by atoms with E-state index in [1.165, 1.54) is 12.8 Å². The standard InChI is InChI=1S/C27H24Cl2N4OS/c1-31-24-8-5-16(25-30-18(15-35-25)14-33-9-3-4-10-33)11-20(24)21-13-22(27(34)32(2)26(21)31)19-7-6-17(28)12-23(19)29/h5-8,11-13,15H,3-4,9-10,14H2,1-2H3. The second-order valence-corrected chi connectivity index (χ2v) is 10.9. The summed E-state index contributed by atoms with van der Waals surface area (Å²) in [6.07, 6.45) is 2.56. The molecule has 0 N–H and O–H groups in total. The summed E-state index contributed by atoms with van der Waals surface area (Å²) < 4.78 is 3.77. The van der Waals surface area contributed by atoms with Gasteiger partial charge in [0.2, 0.25) is 0 Å². The average molecular weight is 523 g/mol. The number of halogens is 2. The summed E-state index contributed by atoms with van der Waals surface area (Å²) in [5.74, 6) is 0. The largest absolute Gasteiger partial charge is 0.330 e. The molecule has 0 saturated carbocycles. The van der Waals surface area contributed by atoms with Crippen LogP contribution in [0.3, 0.4) is 0 Å². The molecule has 6 rings (SSSR count). The monoisotopic (exact) mass is 522 g/mol. The number of likely N-dealkylation sites (tertiary alicyclic amines) is 1. The zero-order valence-corrected chi connectivity index (χ0v) is 21.8. The number of hydrogen-bond donors (Lipinski definition) is 0. The molecule has 5 aromatic rings. The van der Waals surface area contributed by atoms with Crippen LogP contribution in [0.2, 0.25) is 10.0 Å². The Balaban J connectivity index is 1.50. The van der Waals surface area contributed by atoms with E-state index in [-0.39, 0.29) is 5.56 Å². The van der Waals surface area contributed by atoms with Crippen LogP contribution in [-0.4, -0.2) is 32.1 Å². The lowest BCUT2D eigenvalue weighted by molar-refractivity contribution is 0.328. The average Bonchev–Trinajstić information content (AvgIpc) is 3.58. The summed E-state index contributed by atoms with van der Waals surface area (Å²) >= 11 is 14.3. The molecule has 3 aromatic heterocycles. The Bertz CT molecular complexity index is 1660. The number of nitrogens with zero attached hydrogens (tertiary/aromatic N) is 4. The van der Waals surface area contributed by atoms with Gasteiger partial charge in [0, 0.05) is 58.5 Å². The fourth-order valence-corrected chi connectivity index (χ4v) is 6.52. The third kappa shape index (κ3) is 3.89. The van der Waals surface area contributed by atoms with Gasteiger partial charge in [-0.2, -0.15) is 0 Å². The molecule has 4 heterocycles. The Morgan fingerprint density at radius 3 is 2.51 bits per heavy atom. The Hall–Kier alpha value is -2.64. The van der Waals surface area contributed by atoms with Gasteiger partial charge in [-0.1, -0.05) is 29.3 Å². The Morgan fingerprint density at radius 2 is 1.74 bits per heavy atom. The van der Waals surface area contributed by atoms with Crippen molar-refractivity contribution in [3.8, 4) is 21.7 Å². The molecular formula is C27H24Cl2N4OS. The highest BCUT2D eigenvalue weighted by Crippen LogP contribution is 2.36. The van der Waals surface area contributed by atoms with E-state index in [4.69, 9.17) is 28.2 Å². The van der Waals surface area contributed by atoms with Crippen molar-refractivity contribution in [2.75, 3.05) is 13.1 Å². The van der Waals surface area contributed by atoms with E-state index in [0.29, 0.717) is 21.2 Å². The zero-order valence-electron chi connectivity index (χ0n) is 19.5. The summed E-state index contributed by atoms with van der Waals surface area (Å²) in [5, 5.41) is 6.27. The number of rotatable bonds is 4. The fourth-order valence-electron chi connectivity index (χ4n) is 5.21. The van der Waals surface area contributed by atoms with Gasteiger partial charge in [-0.3, -0.25) is 14.3 Å². The van der Waals surface area contributed by atoms with E-state index in [9.17, 15) is 4.79 Å². The third-order valence-corrected chi connectivity index (χ3v) is 8.44. The maximum atomic E-state index is 13.3. The second-order valence-electron chi connectivity index (χ2n) is 9.20. The van der Waals surface area contributed by atoms with E-state index in [1.807, 2.05) is 20.2 Å².